The Balaban J connectivity index is 2.69. The molecule has 3 heteroatoms. The first-order valence-corrected chi connectivity index (χ1v) is 4.23. The maximum absolute atomic E-state index is 11.1. The minimum atomic E-state index is 0.0561. The third-order valence-corrected chi connectivity index (χ3v) is 1.66. The molecule has 0 aliphatic heterocycles. The van der Waals surface area contributed by atoms with Gasteiger partial charge in [0.2, 0.25) is 0 Å². The fourth-order valence-electron chi connectivity index (χ4n) is 0.838. The molecule has 0 atom stereocenters. The van der Waals surface area contributed by atoms with Crippen molar-refractivity contribution in [2.45, 2.75) is 0 Å². The van der Waals surface area contributed by atoms with Crippen LogP contribution in [0.5, 0.6) is 0 Å². The fraction of sp³-hybridized carbons (Fsp3) is 0.125. The van der Waals surface area contributed by atoms with Crippen molar-refractivity contribution in [3.63, 3.8) is 0 Å². The SMILES string of the molecule is O=C(CO[SiH3])c1ccccc1. The van der Waals surface area contributed by atoms with E-state index in [1.165, 1.54) is 0 Å². The van der Waals surface area contributed by atoms with Crippen LogP contribution in [0, 0.1) is 0 Å². The molecule has 1 aromatic rings. The molecule has 0 saturated heterocycles. The maximum atomic E-state index is 11.1. The topological polar surface area (TPSA) is 26.3 Å². The van der Waals surface area contributed by atoms with Crippen molar-refractivity contribution in [1.82, 2.24) is 0 Å². The summed E-state index contributed by atoms with van der Waals surface area (Å²) in [5.41, 5.74) is 0.725. The van der Waals surface area contributed by atoms with Gasteiger partial charge in [-0.2, -0.15) is 0 Å². The fourth-order valence-corrected chi connectivity index (χ4v) is 1.10. The average molecular weight is 166 g/mol. The number of rotatable bonds is 3. The summed E-state index contributed by atoms with van der Waals surface area (Å²) in [6.07, 6.45) is 0. The van der Waals surface area contributed by atoms with Crippen molar-refractivity contribution in [1.29, 1.82) is 0 Å². The molecular formula is C8H10O2Si. The molecule has 1 aromatic carbocycles. The van der Waals surface area contributed by atoms with E-state index < -0.39 is 0 Å². The summed E-state index contributed by atoms with van der Waals surface area (Å²) >= 11 is 0. The molecule has 0 saturated carbocycles. The number of benzene rings is 1. The standard InChI is InChI=1S/C8H10O2Si/c9-8(6-10-11)7-4-2-1-3-5-7/h1-5H,6H2,11H3. The highest BCUT2D eigenvalue weighted by Crippen LogP contribution is 1.99. The first kappa shape index (κ1) is 8.17. The van der Waals surface area contributed by atoms with E-state index in [4.69, 9.17) is 4.43 Å². The summed E-state index contributed by atoms with van der Waals surface area (Å²) in [5, 5.41) is 0. The highest BCUT2D eigenvalue weighted by molar-refractivity contribution is 6.02. The molecule has 0 radical (unpaired) electrons. The third-order valence-electron chi connectivity index (χ3n) is 1.37. The monoisotopic (exact) mass is 166 g/mol. The Morgan fingerprint density at radius 1 is 1.36 bits per heavy atom. The van der Waals surface area contributed by atoms with E-state index in [9.17, 15) is 4.79 Å². The molecule has 58 valence electrons. The van der Waals surface area contributed by atoms with Gasteiger partial charge in [-0.3, -0.25) is 4.79 Å². The van der Waals surface area contributed by atoms with Crippen LogP contribution in [0.25, 0.3) is 0 Å². The molecule has 0 unspecified atom stereocenters. The molecule has 0 aromatic heterocycles. The van der Waals surface area contributed by atoms with E-state index in [0.717, 1.165) is 5.56 Å². The molecule has 0 spiro atoms. The molecule has 0 fully saturated rings. The first-order valence-electron chi connectivity index (χ1n) is 3.42. The van der Waals surface area contributed by atoms with Gasteiger partial charge in [-0.05, 0) is 0 Å². The van der Waals surface area contributed by atoms with E-state index in [0.29, 0.717) is 10.5 Å². The molecule has 0 N–H and O–H groups in total. The van der Waals surface area contributed by atoms with Crippen LogP contribution >= 0.6 is 0 Å². The van der Waals surface area contributed by atoms with Crippen LogP contribution in [0.4, 0.5) is 0 Å². The molecule has 11 heavy (non-hydrogen) atoms. The van der Waals surface area contributed by atoms with E-state index in [1.54, 1.807) is 12.1 Å². The molecule has 0 heterocycles. The van der Waals surface area contributed by atoms with Crippen molar-refractivity contribution in [2.24, 2.45) is 0 Å². The minimum absolute atomic E-state index is 0.0561. The van der Waals surface area contributed by atoms with Crippen molar-refractivity contribution in [2.75, 3.05) is 6.61 Å². The van der Waals surface area contributed by atoms with Crippen molar-refractivity contribution in [3.8, 4) is 0 Å². The van der Waals surface area contributed by atoms with Crippen LogP contribution in [-0.2, 0) is 4.43 Å². The second kappa shape index (κ2) is 4.05. The predicted molar refractivity (Wildman–Crippen MR) is 46.7 cm³/mol. The van der Waals surface area contributed by atoms with Crippen molar-refractivity contribution < 1.29 is 9.22 Å². The average Bonchev–Trinajstić information content (AvgIpc) is 2.07. The Morgan fingerprint density at radius 3 is 2.55 bits per heavy atom. The van der Waals surface area contributed by atoms with Gasteiger partial charge < -0.3 is 4.43 Å². The van der Waals surface area contributed by atoms with Gasteiger partial charge in [0.05, 0.1) is 6.61 Å². The lowest BCUT2D eigenvalue weighted by Crippen LogP contribution is -2.06. The minimum Gasteiger partial charge on any atom is -0.420 e. The highest BCUT2D eigenvalue weighted by Gasteiger charge is 2.01. The molecule has 1 rings (SSSR count). The summed E-state index contributed by atoms with van der Waals surface area (Å²) in [4.78, 5) is 11.1. The van der Waals surface area contributed by atoms with Crippen molar-refractivity contribution >= 4 is 16.3 Å². The lowest BCUT2D eigenvalue weighted by atomic mass is 10.1. The van der Waals surface area contributed by atoms with Crippen LogP contribution in [0.15, 0.2) is 30.3 Å². The lowest BCUT2D eigenvalue weighted by molar-refractivity contribution is 0.0928. The smallest absolute Gasteiger partial charge is 0.187 e. The largest absolute Gasteiger partial charge is 0.420 e. The van der Waals surface area contributed by atoms with Gasteiger partial charge in [-0.25, -0.2) is 0 Å². The van der Waals surface area contributed by atoms with Gasteiger partial charge in [0, 0.05) is 5.56 Å². The number of Topliss-reactive ketones (excluding diaryl/α,β-unsaturated/α-hetero) is 1. The summed E-state index contributed by atoms with van der Waals surface area (Å²) in [6, 6.07) is 9.17. The molecule has 2 nitrogen and oxygen atoms in total. The summed E-state index contributed by atoms with van der Waals surface area (Å²) in [7, 11) is 0.617. The Hall–Kier alpha value is -0.933. The zero-order chi connectivity index (χ0) is 8.10. The van der Waals surface area contributed by atoms with Gasteiger partial charge in [0.25, 0.3) is 0 Å². The Kier molecular flexibility index (Phi) is 3.01. The van der Waals surface area contributed by atoms with E-state index in [-0.39, 0.29) is 12.4 Å². The summed E-state index contributed by atoms with van der Waals surface area (Å²) in [5.74, 6) is 0.0561. The van der Waals surface area contributed by atoms with Crippen molar-refractivity contribution in [3.05, 3.63) is 35.9 Å². The summed E-state index contributed by atoms with van der Waals surface area (Å²) in [6.45, 7) is 0.218. The van der Waals surface area contributed by atoms with Crippen LogP contribution in [0.1, 0.15) is 10.4 Å². The summed E-state index contributed by atoms with van der Waals surface area (Å²) < 4.78 is 4.85. The van der Waals surface area contributed by atoms with Gasteiger partial charge in [0.15, 0.2) is 5.78 Å². The number of carbonyl (C=O) groups is 1. The highest BCUT2D eigenvalue weighted by atomic mass is 28.2. The molecule has 0 aliphatic rings. The van der Waals surface area contributed by atoms with E-state index in [1.807, 2.05) is 18.2 Å². The number of hydrogen-bond acceptors (Lipinski definition) is 2. The Morgan fingerprint density at radius 2 is 2.00 bits per heavy atom. The van der Waals surface area contributed by atoms with Gasteiger partial charge in [0.1, 0.15) is 10.5 Å². The maximum Gasteiger partial charge on any atom is 0.187 e. The Bertz CT molecular complexity index is 233. The Labute approximate surface area is 68.7 Å². The number of carbonyl (C=O) groups excluding carboxylic acids is 1. The lowest BCUT2D eigenvalue weighted by Gasteiger charge is -1.97. The normalized spacial score (nSPS) is 9.82. The van der Waals surface area contributed by atoms with Gasteiger partial charge in [-0.15, -0.1) is 0 Å². The molecule has 0 amide bonds. The molecule has 0 aliphatic carbocycles. The zero-order valence-corrected chi connectivity index (χ0v) is 8.41. The first-order chi connectivity index (χ1) is 5.34. The predicted octanol–water partition coefficient (Wildman–Crippen LogP) is 0.166. The van der Waals surface area contributed by atoms with Crippen LogP contribution in [0.3, 0.4) is 0 Å². The van der Waals surface area contributed by atoms with Gasteiger partial charge in [-0.1, -0.05) is 30.3 Å². The number of hydrogen-bond donors (Lipinski definition) is 0. The second-order valence-electron chi connectivity index (χ2n) is 2.22. The van der Waals surface area contributed by atoms with Crippen LogP contribution in [-0.4, -0.2) is 22.9 Å². The number of ketones is 1. The van der Waals surface area contributed by atoms with E-state index >= 15 is 0 Å². The molecular weight excluding hydrogens is 156 g/mol. The van der Waals surface area contributed by atoms with Crippen LogP contribution < -0.4 is 0 Å². The second-order valence-corrected chi connectivity index (χ2v) is 2.80. The van der Waals surface area contributed by atoms with Crippen LogP contribution in [0.2, 0.25) is 0 Å². The molecule has 0 bridgehead atoms. The quantitative estimate of drug-likeness (QED) is 0.472. The third kappa shape index (κ3) is 2.29. The van der Waals surface area contributed by atoms with E-state index in [2.05, 4.69) is 0 Å². The van der Waals surface area contributed by atoms with Gasteiger partial charge >= 0.3 is 0 Å². The zero-order valence-electron chi connectivity index (χ0n) is 6.41.